The van der Waals surface area contributed by atoms with Crippen molar-refractivity contribution in [2.45, 2.75) is 6.42 Å². The van der Waals surface area contributed by atoms with Crippen molar-refractivity contribution in [3.63, 3.8) is 0 Å². The molecule has 0 aliphatic rings. The first kappa shape index (κ1) is 15.7. The summed E-state index contributed by atoms with van der Waals surface area (Å²) < 4.78 is 9.10. The van der Waals surface area contributed by atoms with Gasteiger partial charge in [-0.15, -0.1) is 0 Å². The summed E-state index contributed by atoms with van der Waals surface area (Å²) in [5.74, 6) is -3.11. The fourth-order valence-corrected chi connectivity index (χ4v) is 2.21. The Morgan fingerprint density at radius 3 is 2.09 bits per heavy atom. The van der Waals surface area contributed by atoms with Gasteiger partial charge in [0.1, 0.15) is 0 Å². The molecule has 0 bridgehead atoms. The molecule has 0 heterocycles. The molecule has 0 saturated carbocycles. The lowest BCUT2D eigenvalue weighted by Crippen LogP contribution is -2.28. The molecule has 0 aliphatic carbocycles. The maximum atomic E-state index is 12.3. The van der Waals surface area contributed by atoms with Crippen LogP contribution in [0.3, 0.4) is 0 Å². The maximum Gasteiger partial charge on any atom is 0.320 e. The number of carbonyl (C=O) groups excluding carboxylic acids is 3. The molecule has 0 N–H and O–H groups in total. The molecule has 0 radical (unpaired) electrons. The van der Waals surface area contributed by atoms with E-state index in [4.69, 9.17) is 0 Å². The highest BCUT2D eigenvalue weighted by atomic mass is 16.5. The van der Waals surface area contributed by atoms with Crippen molar-refractivity contribution in [3.05, 3.63) is 48.0 Å². The van der Waals surface area contributed by atoms with Crippen molar-refractivity contribution in [1.29, 1.82) is 0 Å². The highest BCUT2D eigenvalue weighted by molar-refractivity contribution is 6.05. The Kier molecular flexibility index (Phi) is 4.88. The highest BCUT2D eigenvalue weighted by Gasteiger charge is 2.31. The van der Waals surface area contributed by atoms with Crippen molar-refractivity contribution >= 4 is 28.5 Å². The molecule has 2 aromatic rings. The second kappa shape index (κ2) is 6.85. The number of rotatable bonds is 5. The van der Waals surface area contributed by atoms with Gasteiger partial charge < -0.3 is 9.47 Å². The molecule has 2 rings (SSSR count). The van der Waals surface area contributed by atoms with Crippen molar-refractivity contribution in [3.8, 4) is 0 Å². The van der Waals surface area contributed by atoms with Crippen LogP contribution in [0.15, 0.2) is 42.5 Å². The van der Waals surface area contributed by atoms with Crippen LogP contribution in [0.5, 0.6) is 0 Å². The lowest BCUT2D eigenvalue weighted by atomic mass is 9.96. The third kappa shape index (κ3) is 3.31. The minimum atomic E-state index is -1.24. The quantitative estimate of drug-likeness (QED) is 0.482. The molecule has 0 fully saturated rings. The average Bonchev–Trinajstić information content (AvgIpc) is 2.57. The number of ether oxygens (including phenoxy) is 2. The first-order valence-electron chi connectivity index (χ1n) is 6.74. The lowest BCUT2D eigenvalue weighted by molar-refractivity contribution is -0.158. The molecule has 0 unspecified atom stereocenters. The van der Waals surface area contributed by atoms with E-state index in [1.165, 1.54) is 14.2 Å². The third-order valence-electron chi connectivity index (χ3n) is 3.43. The van der Waals surface area contributed by atoms with E-state index < -0.39 is 17.9 Å². The molecule has 5 nitrogen and oxygen atoms in total. The van der Waals surface area contributed by atoms with Crippen LogP contribution in [-0.2, 0) is 19.1 Å². The van der Waals surface area contributed by atoms with E-state index in [2.05, 4.69) is 9.47 Å². The Hall–Kier alpha value is -2.69. The smallest absolute Gasteiger partial charge is 0.320 e. The predicted octanol–water partition coefficient (Wildman–Crippen LogP) is 2.37. The number of benzene rings is 2. The second-order valence-corrected chi connectivity index (χ2v) is 4.79. The van der Waals surface area contributed by atoms with E-state index in [0.717, 1.165) is 10.8 Å². The number of methoxy groups -OCH3 is 2. The summed E-state index contributed by atoms with van der Waals surface area (Å²) in [5.41, 5.74) is 0.441. The van der Waals surface area contributed by atoms with Crippen LogP contribution in [0.25, 0.3) is 10.8 Å². The van der Waals surface area contributed by atoms with Gasteiger partial charge >= 0.3 is 11.9 Å². The van der Waals surface area contributed by atoms with Crippen molar-refractivity contribution in [2.75, 3.05) is 14.2 Å². The van der Waals surface area contributed by atoms with E-state index in [9.17, 15) is 14.4 Å². The molecular weight excluding hydrogens is 284 g/mol. The Morgan fingerprint density at radius 2 is 1.50 bits per heavy atom. The third-order valence-corrected chi connectivity index (χ3v) is 3.43. The second-order valence-electron chi connectivity index (χ2n) is 4.79. The Morgan fingerprint density at radius 1 is 0.909 bits per heavy atom. The maximum absolute atomic E-state index is 12.3. The van der Waals surface area contributed by atoms with Crippen LogP contribution in [0, 0.1) is 5.92 Å². The molecule has 0 atom stereocenters. The zero-order valence-electron chi connectivity index (χ0n) is 12.4. The van der Waals surface area contributed by atoms with Gasteiger partial charge in [-0.3, -0.25) is 14.4 Å². The average molecular weight is 300 g/mol. The summed E-state index contributed by atoms with van der Waals surface area (Å²) in [7, 11) is 2.33. The van der Waals surface area contributed by atoms with Gasteiger partial charge in [0.05, 0.1) is 14.2 Å². The fourth-order valence-electron chi connectivity index (χ4n) is 2.21. The molecule has 0 aliphatic heterocycles. The summed E-state index contributed by atoms with van der Waals surface area (Å²) >= 11 is 0. The van der Waals surface area contributed by atoms with Crippen molar-refractivity contribution in [2.24, 2.45) is 5.92 Å². The van der Waals surface area contributed by atoms with Crippen LogP contribution < -0.4 is 0 Å². The molecule has 114 valence electrons. The molecule has 22 heavy (non-hydrogen) atoms. The number of fused-ring (bicyclic) bond motifs is 1. The number of ketones is 1. The van der Waals surface area contributed by atoms with Gasteiger partial charge in [-0.05, 0) is 16.8 Å². The van der Waals surface area contributed by atoms with E-state index in [0.29, 0.717) is 5.56 Å². The number of hydrogen-bond acceptors (Lipinski definition) is 5. The monoisotopic (exact) mass is 300 g/mol. The van der Waals surface area contributed by atoms with Gasteiger partial charge in [0.2, 0.25) is 0 Å². The summed E-state index contributed by atoms with van der Waals surface area (Å²) in [4.78, 5) is 35.6. The van der Waals surface area contributed by atoms with E-state index >= 15 is 0 Å². The minimum Gasteiger partial charge on any atom is -0.468 e. The minimum absolute atomic E-state index is 0.280. The predicted molar refractivity (Wildman–Crippen MR) is 80.4 cm³/mol. The first-order chi connectivity index (χ1) is 10.6. The van der Waals surface area contributed by atoms with E-state index in [-0.39, 0.29) is 12.2 Å². The zero-order valence-corrected chi connectivity index (χ0v) is 12.4. The molecular formula is C17H16O5. The van der Waals surface area contributed by atoms with Gasteiger partial charge in [0.15, 0.2) is 11.7 Å². The highest BCUT2D eigenvalue weighted by Crippen LogP contribution is 2.19. The molecule has 0 saturated heterocycles. The number of carbonyl (C=O) groups is 3. The SMILES string of the molecule is COC(=O)C(CC(=O)c1ccc2ccccc2c1)C(=O)OC. The van der Waals surface area contributed by atoms with Crippen LogP contribution in [0.2, 0.25) is 0 Å². The molecule has 0 amide bonds. The van der Waals surface area contributed by atoms with Crippen LogP contribution in [-0.4, -0.2) is 31.9 Å². The molecule has 2 aromatic carbocycles. The largest absolute Gasteiger partial charge is 0.468 e. The van der Waals surface area contributed by atoms with Crippen molar-refractivity contribution < 1.29 is 23.9 Å². The van der Waals surface area contributed by atoms with E-state index in [1.807, 2.05) is 30.3 Å². The normalized spacial score (nSPS) is 10.5. The standard InChI is InChI=1S/C17H16O5/c1-21-16(19)14(17(20)22-2)10-15(18)13-8-7-11-5-3-4-6-12(11)9-13/h3-9,14H,10H2,1-2H3. The van der Waals surface area contributed by atoms with Crippen LogP contribution in [0.1, 0.15) is 16.8 Å². The zero-order chi connectivity index (χ0) is 16.1. The van der Waals surface area contributed by atoms with E-state index in [1.54, 1.807) is 12.1 Å². The number of hydrogen-bond donors (Lipinski definition) is 0. The summed E-state index contributed by atoms with van der Waals surface area (Å²) in [6.45, 7) is 0. The molecule has 5 heteroatoms. The Balaban J connectivity index is 2.24. The van der Waals surface area contributed by atoms with Gasteiger partial charge in [-0.25, -0.2) is 0 Å². The fraction of sp³-hybridized carbons (Fsp3) is 0.235. The van der Waals surface area contributed by atoms with Crippen molar-refractivity contribution in [1.82, 2.24) is 0 Å². The summed E-state index contributed by atoms with van der Waals surface area (Å²) in [6, 6.07) is 12.9. The first-order valence-corrected chi connectivity index (χ1v) is 6.74. The summed E-state index contributed by atoms with van der Waals surface area (Å²) in [6.07, 6.45) is -0.280. The lowest BCUT2D eigenvalue weighted by Gasteiger charge is -2.11. The Labute approximate surface area is 127 Å². The molecule has 0 spiro atoms. The summed E-state index contributed by atoms with van der Waals surface area (Å²) in [5, 5.41) is 1.93. The topological polar surface area (TPSA) is 69.7 Å². The van der Waals surface area contributed by atoms with Gasteiger partial charge in [0.25, 0.3) is 0 Å². The van der Waals surface area contributed by atoms with Crippen LogP contribution in [0.4, 0.5) is 0 Å². The Bertz CT molecular complexity index is 704. The molecule has 0 aromatic heterocycles. The van der Waals surface area contributed by atoms with Crippen LogP contribution >= 0.6 is 0 Å². The van der Waals surface area contributed by atoms with Gasteiger partial charge in [-0.1, -0.05) is 36.4 Å². The number of Topliss-reactive ketones (excluding diaryl/α,β-unsaturated/α-hetero) is 1. The van der Waals surface area contributed by atoms with Gasteiger partial charge in [0, 0.05) is 12.0 Å². The number of esters is 2. The van der Waals surface area contributed by atoms with Gasteiger partial charge in [-0.2, -0.15) is 0 Å².